The average Bonchev–Trinajstić information content (AvgIpc) is 3.48. The molecule has 0 radical (unpaired) electrons. The molecule has 0 saturated heterocycles. The van der Waals surface area contributed by atoms with Crippen LogP contribution in [0.1, 0.15) is 0 Å². The van der Waals surface area contributed by atoms with E-state index in [1.54, 1.807) is 11.3 Å². The Bertz CT molecular complexity index is 1700. The number of para-hydroxylation sites is 4. The van der Waals surface area contributed by atoms with Crippen molar-refractivity contribution in [1.82, 2.24) is 4.98 Å². The lowest BCUT2D eigenvalue weighted by molar-refractivity contribution is 0.477. The van der Waals surface area contributed by atoms with Gasteiger partial charge in [-0.1, -0.05) is 72.8 Å². The van der Waals surface area contributed by atoms with Crippen molar-refractivity contribution in [3.8, 4) is 43.8 Å². The zero-order valence-electron chi connectivity index (χ0n) is 18.6. The number of ether oxygens (including phenoxy) is 1. The van der Waals surface area contributed by atoms with Crippen LogP contribution in [0.25, 0.3) is 43.0 Å². The lowest BCUT2D eigenvalue weighted by atomic mass is 10.0. The lowest BCUT2D eigenvalue weighted by Gasteiger charge is -2.32. The normalized spacial score (nSPS) is 12.7. The third-order valence-electron chi connectivity index (χ3n) is 6.82. The molecule has 3 nitrogen and oxygen atoms in total. The molecule has 2 heterocycles. The van der Waals surface area contributed by atoms with Crippen molar-refractivity contribution in [3.63, 3.8) is 0 Å². The van der Waals surface area contributed by atoms with Crippen molar-refractivity contribution in [2.75, 3.05) is 4.90 Å². The zero-order chi connectivity index (χ0) is 22.9. The van der Waals surface area contributed by atoms with Gasteiger partial charge in [-0.15, -0.1) is 11.3 Å². The first-order valence-electron chi connectivity index (χ1n) is 11.6. The van der Waals surface area contributed by atoms with Crippen LogP contribution in [0.5, 0.6) is 11.5 Å². The molecule has 1 aromatic heterocycles. The van der Waals surface area contributed by atoms with Crippen molar-refractivity contribution in [3.05, 3.63) is 109 Å². The van der Waals surface area contributed by atoms with Crippen molar-refractivity contribution in [2.24, 2.45) is 0 Å². The first kappa shape index (κ1) is 19.0. The summed E-state index contributed by atoms with van der Waals surface area (Å²) in [6.45, 7) is 0. The van der Waals surface area contributed by atoms with Crippen molar-refractivity contribution < 1.29 is 4.74 Å². The molecule has 0 unspecified atom stereocenters. The van der Waals surface area contributed by atoms with Gasteiger partial charge >= 0.3 is 0 Å². The molecule has 2 aliphatic rings. The van der Waals surface area contributed by atoms with E-state index in [-0.39, 0.29) is 0 Å². The quantitative estimate of drug-likeness (QED) is 0.254. The second-order valence-electron chi connectivity index (χ2n) is 8.83. The molecule has 0 saturated carbocycles. The molecular weight excluding hydrogens is 448 g/mol. The maximum absolute atomic E-state index is 6.19. The van der Waals surface area contributed by atoms with Crippen molar-refractivity contribution in [1.29, 1.82) is 0 Å². The number of rotatable bonds is 2. The zero-order valence-corrected chi connectivity index (χ0v) is 19.4. The van der Waals surface area contributed by atoms with Crippen molar-refractivity contribution >= 4 is 39.2 Å². The first-order valence-corrected chi connectivity index (χ1v) is 12.5. The van der Waals surface area contributed by atoms with Crippen LogP contribution < -0.4 is 9.64 Å². The van der Waals surface area contributed by atoms with Gasteiger partial charge in [0.1, 0.15) is 5.01 Å². The summed E-state index contributed by atoms with van der Waals surface area (Å²) in [5, 5.41) is 3.64. The highest BCUT2D eigenvalue weighted by Gasteiger charge is 2.28. The van der Waals surface area contributed by atoms with Crippen molar-refractivity contribution in [2.45, 2.75) is 0 Å². The van der Waals surface area contributed by atoms with E-state index in [2.05, 4.69) is 89.8 Å². The van der Waals surface area contributed by atoms with Crippen LogP contribution in [0.3, 0.4) is 0 Å². The van der Waals surface area contributed by atoms with Gasteiger partial charge in [-0.3, -0.25) is 0 Å². The van der Waals surface area contributed by atoms with Gasteiger partial charge in [0.05, 0.1) is 21.9 Å². The Morgan fingerprint density at radius 2 is 1.34 bits per heavy atom. The molecule has 0 N–H and O–H groups in total. The number of aromatic nitrogens is 1. The fourth-order valence-electron chi connectivity index (χ4n) is 5.30. The van der Waals surface area contributed by atoms with E-state index in [1.807, 2.05) is 24.3 Å². The average molecular weight is 467 g/mol. The molecule has 1 aliphatic heterocycles. The Morgan fingerprint density at radius 1 is 0.657 bits per heavy atom. The fraction of sp³-hybridized carbons (Fsp3) is 0. The number of hydrogen-bond acceptors (Lipinski definition) is 4. The smallest absolute Gasteiger partial charge is 0.151 e. The molecule has 5 aromatic carbocycles. The fourth-order valence-corrected chi connectivity index (χ4v) is 6.40. The predicted molar refractivity (Wildman–Crippen MR) is 144 cm³/mol. The van der Waals surface area contributed by atoms with Crippen LogP contribution in [0.4, 0.5) is 17.1 Å². The Labute approximate surface area is 206 Å². The second kappa shape index (κ2) is 7.05. The van der Waals surface area contributed by atoms with Gasteiger partial charge in [0.2, 0.25) is 0 Å². The van der Waals surface area contributed by atoms with Gasteiger partial charge in [0.25, 0.3) is 0 Å². The molecule has 164 valence electrons. The summed E-state index contributed by atoms with van der Waals surface area (Å²) < 4.78 is 6.19. The van der Waals surface area contributed by atoms with E-state index < -0.39 is 0 Å². The Morgan fingerprint density at radius 3 is 2.11 bits per heavy atom. The summed E-state index contributed by atoms with van der Waals surface area (Å²) in [6.07, 6.45) is 0. The summed E-state index contributed by atoms with van der Waals surface area (Å²) >= 11 is 1.78. The number of nitrogens with zero attached hydrogens (tertiary/aromatic N) is 2. The first-order chi connectivity index (χ1) is 17.3. The summed E-state index contributed by atoms with van der Waals surface area (Å²) in [6, 6.07) is 38.1. The highest BCUT2D eigenvalue weighted by molar-refractivity contribution is 7.19. The van der Waals surface area contributed by atoms with Gasteiger partial charge in [0, 0.05) is 22.4 Å². The number of fused-ring (bicyclic) bond motifs is 5. The molecule has 8 rings (SSSR count). The van der Waals surface area contributed by atoms with Crippen LogP contribution >= 0.6 is 11.3 Å². The summed E-state index contributed by atoms with van der Waals surface area (Å²) in [5.74, 6) is 1.71. The second-order valence-corrected chi connectivity index (χ2v) is 9.83. The summed E-state index contributed by atoms with van der Waals surface area (Å²) in [4.78, 5) is 8.69. The third-order valence-corrected chi connectivity index (χ3v) is 7.95. The molecule has 0 amide bonds. The molecule has 0 atom stereocenters. The maximum Gasteiger partial charge on any atom is 0.151 e. The van der Waals surface area contributed by atoms with E-state index in [4.69, 9.17) is 9.72 Å². The van der Waals surface area contributed by atoms with E-state index in [0.29, 0.717) is 0 Å². The van der Waals surface area contributed by atoms with Gasteiger partial charge in [-0.25, -0.2) is 4.98 Å². The van der Waals surface area contributed by atoms with E-state index >= 15 is 0 Å². The number of benzene rings is 5. The van der Waals surface area contributed by atoms with Crippen LogP contribution in [0.2, 0.25) is 0 Å². The SMILES string of the molecule is c1cc(-c2nc3c(s2)-c2cccc4cccc-3c24)cc(N2c3ccccc3Oc3ccccc32)c1. The Kier molecular flexibility index (Phi) is 3.82. The van der Waals surface area contributed by atoms with E-state index in [9.17, 15) is 0 Å². The largest absolute Gasteiger partial charge is 0.453 e. The molecule has 4 heteroatoms. The maximum atomic E-state index is 6.19. The minimum atomic E-state index is 0.856. The predicted octanol–water partition coefficient (Wildman–Crippen LogP) is 9.19. The monoisotopic (exact) mass is 466 g/mol. The summed E-state index contributed by atoms with van der Waals surface area (Å²) in [7, 11) is 0. The lowest BCUT2D eigenvalue weighted by Crippen LogP contribution is -2.15. The topological polar surface area (TPSA) is 25.4 Å². The highest BCUT2D eigenvalue weighted by Crippen LogP contribution is 2.53. The molecule has 6 aromatic rings. The Hall–Kier alpha value is -4.41. The van der Waals surface area contributed by atoms with Gasteiger partial charge in [-0.05, 0) is 47.2 Å². The minimum Gasteiger partial charge on any atom is -0.453 e. The molecule has 0 spiro atoms. The van der Waals surface area contributed by atoms with Gasteiger partial charge < -0.3 is 9.64 Å². The Balaban J connectivity index is 1.27. The molecular formula is C31H18N2OS. The van der Waals surface area contributed by atoms with E-state index in [1.165, 1.54) is 26.8 Å². The molecule has 35 heavy (non-hydrogen) atoms. The van der Waals surface area contributed by atoms with E-state index in [0.717, 1.165) is 44.8 Å². The highest BCUT2D eigenvalue weighted by atomic mass is 32.1. The van der Waals surface area contributed by atoms with Crippen LogP contribution in [0, 0.1) is 0 Å². The number of thiazole rings is 1. The third kappa shape index (κ3) is 2.69. The molecule has 0 bridgehead atoms. The number of hydrogen-bond donors (Lipinski definition) is 0. The number of anilines is 3. The van der Waals surface area contributed by atoms with Gasteiger partial charge in [0.15, 0.2) is 11.5 Å². The van der Waals surface area contributed by atoms with Crippen LogP contribution in [-0.4, -0.2) is 4.98 Å². The summed E-state index contributed by atoms with van der Waals surface area (Å²) in [5.41, 5.74) is 7.91. The molecule has 0 fully saturated rings. The molecule has 1 aliphatic carbocycles. The van der Waals surface area contributed by atoms with Crippen LogP contribution in [-0.2, 0) is 0 Å². The van der Waals surface area contributed by atoms with Gasteiger partial charge in [-0.2, -0.15) is 0 Å². The van der Waals surface area contributed by atoms with Crippen LogP contribution in [0.15, 0.2) is 109 Å². The minimum absolute atomic E-state index is 0.856. The standard InChI is InChI=1S/C31H18N2OS/c1-3-16-26-24(14-1)33(25-15-2-4-17-27(25)34-26)21-11-5-10-20(18-21)31-32-29-22-12-6-8-19-9-7-13-23(28(19)22)30(29)35-31/h1-18H.